The Morgan fingerprint density at radius 2 is 1.70 bits per heavy atom. The van der Waals surface area contributed by atoms with E-state index in [1.165, 1.54) is 12.1 Å². The number of aromatic nitrogens is 2. The lowest BCUT2D eigenvalue weighted by atomic mass is 10.0. The highest BCUT2D eigenvalue weighted by molar-refractivity contribution is 6.04. The molecule has 2 aromatic heterocycles. The van der Waals surface area contributed by atoms with Gasteiger partial charge in [0, 0.05) is 69.0 Å². The quantitative estimate of drug-likeness (QED) is 0.198. The number of carbonyl (C=O) groups excluding carboxylic acids is 2. The third-order valence-corrected chi connectivity index (χ3v) is 8.51. The first-order valence-electron chi connectivity index (χ1n) is 15.5. The average Bonchev–Trinajstić information content (AvgIpc) is 3.46. The van der Waals surface area contributed by atoms with E-state index in [1.54, 1.807) is 29.3 Å². The van der Waals surface area contributed by atoms with E-state index in [2.05, 4.69) is 25.5 Å². The minimum Gasteiger partial charge on any atom is -0.380 e. The van der Waals surface area contributed by atoms with Gasteiger partial charge < -0.3 is 25.4 Å². The van der Waals surface area contributed by atoms with Gasteiger partial charge in [-0.3, -0.25) is 14.5 Å². The number of pyridine rings is 1. The summed E-state index contributed by atoms with van der Waals surface area (Å²) in [4.78, 5) is 39.3. The number of aromatic amines is 1. The van der Waals surface area contributed by atoms with Crippen molar-refractivity contribution in [2.75, 3.05) is 56.9 Å². The van der Waals surface area contributed by atoms with Gasteiger partial charge in [-0.25, -0.2) is 4.98 Å². The van der Waals surface area contributed by atoms with Crippen molar-refractivity contribution in [3.63, 3.8) is 0 Å². The molecule has 0 bridgehead atoms. The molecule has 0 spiro atoms. The number of piperazine rings is 1. The predicted molar refractivity (Wildman–Crippen MR) is 174 cm³/mol. The molecule has 5 rings (SSSR count). The Balaban J connectivity index is 1.26. The van der Waals surface area contributed by atoms with Gasteiger partial charge in [0.15, 0.2) is 0 Å². The number of benzene rings is 2. The molecular formula is C34H40F3N7O2. The lowest BCUT2D eigenvalue weighted by Gasteiger charge is -2.33. The van der Waals surface area contributed by atoms with Crippen LogP contribution in [0.5, 0.6) is 0 Å². The summed E-state index contributed by atoms with van der Waals surface area (Å²) in [7, 11) is 1.99. The van der Waals surface area contributed by atoms with Gasteiger partial charge in [-0.15, -0.1) is 0 Å². The van der Waals surface area contributed by atoms with E-state index in [9.17, 15) is 22.8 Å². The number of fused-ring (bicyclic) bond motifs is 1. The maximum absolute atomic E-state index is 14.1. The van der Waals surface area contributed by atoms with Crippen LogP contribution < -0.4 is 10.6 Å². The first-order chi connectivity index (χ1) is 21.9. The highest BCUT2D eigenvalue weighted by Crippen LogP contribution is 2.34. The van der Waals surface area contributed by atoms with E-state index in [0.29, 0.717) is 49.8 Å². The molecule has 2 amide bonds. The molecule has 0 saturated carbocycles. The van der Waals surface area contributed by atoms with Crippen LogP contribution in [0.4, 0.5) is 24.5 Å². The van der Waals surface area contributed by atoms with Crippen molar-refractivity contribution in [1.29, 1.82) is 0 Å². The van der Waals surface area contributed by atoms with Crippen molar-refractivity contribution in [3.8, 4) is 0 Å². The molecule has 1 aliphatic rings. The third kappa shape index (κ3) is 7.68. The second kappa shape index (κ2) is 13.9. The minimum atomic E-state index is -4.58. The minimum absolute atomic E-state index is 0.0561. The lowest BCUT2D eigenvalue weighted by molar-refractivity contribution is -0.138. The number of anilines is 2. The second-order valence-electron chi connectivity index (χ2n) is 11.7. The van der Waals surface area contributed by atoms with Crippen LogP contribution in [-0.4, -0.2) is 82.8 Å². The summed E-state index contributed by atoms with van der Waals surface area (Å²) in [5.41, 5.74) is 3.50. The van der Waals surface area contributed by atoms with Gasteiger partial charge in [0.2, 0.25) is 0 Å². The van der Waals surface area contributed by atoms with E-state index >= 15 is 0 Å². The molecule has 4 aromatic rings. The van der Waals surface area contributed by atoms with Crippen molar-refractivity contribution in [1.82, 2.24) is 24.7 Å². The Labute approximate surface area is 266 Å². The number of amides is 2. The van der Waals surface area contributed by atoms with E-state index < -0.39 is 17.6 Å². The Morgan fingerprint density at radius 3 is 2.39 bits per heavy atom. The number of H-pyrrole nitrogens is 1. The number of nitrogens with zero attached hydrogens (tertiary/aromatic N) is 4. The van der Waals surface area contributed by atoms with E-state index in [0.717, 1.165) is 41.4 Å². The van der Waals surface area contributed by atoms with Gasteiger partial charge in [-0.2, -0.15) is 13.2 Å². The van der Waals surface area contributed by atoms with Gasteiger partial charge in [0.25, 0.3) is 11.8 Å². The topological polar surface area (TPSA) is 96.6 Å². The Bertz CT molecular complexity index is 1710. The van der Waals surface area contributed by atoms with Gasteiger partial charge in [-0.1, -0.05) is 12.1 Å². The normalized spacial score (nSPS) is 14.4. The van der Waals surface area contributed by atoms with E-state index in [4.69, 9.17) is 0 Å². The Morgan fingerprint density at radius 1 is 0.957 bits per heavy atom. The molecule has 46 heavy (non-hydrogen) atoms. The van der Waals surface area contributed by atoms with Crippen molar-refractivity contribution in [2.45, 2.75) is 40.0 Å². The maximum Gasteiger partial charge on any atom is 0.416 e. The second-order valence-corrected chi connectivity index (χ2v) is 11.7. The summed E-state index contributed by atoms with van der Waals surface area (Å²) in [5.74, 6) is -0.695. The van der Waals surface area contributed by atoms with Crippen LogP contribution in [0.2, 0.25) is 0 Å². The fraction of sp³-hybridized carbons (Fsp3) is 0.382. The Kier molecular flexibility index (Phi) is 9.97. The van der Waals surface area contributed by atoms with Gasteiger partial charge in [0.1, 0.15) is 11.3 Å². The predicted octanol–water partition coefficient (Wildman–Crippen LogP) is 5.98. The van der Waals surface area contributed by atoms with Crippen molar-refractivity contribution >= 4 is 34.2 Å². The van der Waals surface area contributed by atoms with Crippen LogP contribution in [-0.2, 0) is 19.3 Å². The average molecular weight is 636 g/mol. The van der Waals surface area contributed by atoms with Crippen LogP contribution in [0.1, 0.15) is 56.9 Å². The summed E-state index contributed by atoms with van der Waals surface area (Å²) in [6.07, 6.45) is -2.90. The number of alkyl halides is 3. The van der Waals surface area contributed by atoms with Crippen LogP contribution in [0.25, 0.3) is 11.0 Å². The number of hydrogen-bond donors (Lipinski definition) is 3. The smallest absolute Gasteiger partial charge is 0.380 e. The molecular weight excluding hydrogens is 595 g/mol. The fourth-order valence-corrected chi connectivity index (χ4v) is 5.62. The largest absolute Gasteiger partial charge is 0.416 e. The van der Waals surface area contributed by atoms with Crippen molar-refractivity contribution in [2.24, 2.45) is 0 Å². The number of likely N-dealkylation sites (N-methyl/N-ethyl adjacent to an activating group) is 1. The van der Waals surface area contributed by atoms with E-state index in [1.807, 2.05) is 44.9 Å². The number of aryl methyl sites for hydroxylation is 1. The zero-order valence-corrected chi connectivity index (χ0v) is 26.6. The van der Waals surface area contributed by atoms with Crippen LogP contribution >= 0.6 is 0 Å². The molecule has 1 saturated heterocycles. The number of nitrogens with one attached hydrogen (secondary N) is 3. The zero-order valence-electron chi connectivity index (χ0n) is 26.6. The van der Waals surface area contributed by atoms with Crippen LogP contribution in [0.15, 0.2) is 54.7 Å². The molecule has 244 valence electrons. The number of hydrogen-bond acceptors (Lipinski definition) is 6. The molecule has 3 N–H and O–H groups in total. The monoisotopic (exact) mass is 635 g/mol. The standard InChI is InChI=1S/C34H40F3N7O2/c1-5-44(6-2)33(46)30-18-25-15-28(20-39-31(25)41-30)38-19-26-16-27(10-7-22(26)3)40-32(45)23-8-9-24(29(17-23)34(35,36)37)21-43-13-11-42(4)12-14-43/h7-10,15-18,20,38H,5-6,11-14,19,21H2,1-4H3,(H,39,41)(H,40,45). The molecule has 0 atom stereocenters. The molecule has 0 aliphatic carbocycles. The third-order valence-electron chi connectivity index (χ3n) is 8.51. The summed E-state index contributed by atoms with van der Waals surface area (Å²) in [6.45, 7) is 10.6. The number of carbonyl (C=O) groups is 2. The van der Waals surface area contributed by atoms with Gasteiger partial charge in [0.05, 0.1) is 17.4 Å². The summed E-state index contributed by atoms with van der Waals surface area (Å²) < 4.78 is 42.2. The van der Waals surface area contributed by atoms with Gasteiger partial charge >= 0.3 is 6.18 Å². The SMILES string of the molecule is CCN(CC)C(=O)c1cc2cc(NCc3cc(NC(=O)c4ccc(CN5CCN(C)CC5)c(C(F)(F)F)c4)ccc3C)cnc2[nH]1. The van der Waals surface area contributed by atoms with Crippen molar-refractivity contribution < 1.29 is 22.8 Å². The maximum atomic E-state index is 14.1. The summed E-state index contributed by atoms with van der Waals surface area (Å²) in [6, 6.07) is 12.9. The van der Waals surface area contributed by atoms with Crippen LogP contribution in [0, 0.1) is 6.92 Å². The summed E-state index contributed by atoms with van der Waals surface area (Å²) >= 11 is 0. The zero-order chi connectivity index (χ0) is 33.0. The first kappa shape index (κ1) is 33.0. The fourth-order valence-electron chi connectivity index (χ4n) is 5.62. The number of rotatable bonds is 10. The molecule has 0 radical (unpaired) electrons. The van der Waals surface area contributed by atoms with Gasteiger partial charge in [-0.05, 0) is 80.9 Å². The molecule has 1 aliphatic heterocycles. The molecule has 3 heterocycles. The molecule has 2 aromatic carbocycles. The summed E-state index contributed by atoms with van der Waals surface area (Å²) in [5, 5.41) is 6.90. The number of halogens is 3. The molecule has 9 nitrogen and oxygen atoms in total. The highest BCUT2D eigenvalue weighted by Gasteiger charge is 2.34. The molecule has 12 heteroatoms. The van der Waals surface area contributed by atoms with E-state index in [-0.39, 0.29) is 23.6 Å². The van der Waals surface area contributed by atoms with Crippen LogP contribution in [0.3, 0.4) is 0 Å². The molecule has 1 fully saturated rings. The van der Waals surface area contributed by atoms with Crippen molar-refractivity contribution in [3.05, 3.63) is 88.2 Å². The highest BCUT2D eigenvalue weighted by atomic mass is 19.4. The first-order valence-corrected chi connectivity index (χ1v) is 15.5. The Hall–Kier alpha value is -4.42. The molecule has 0 unspecified atom stereocenters. The lowest BCUT2D eigenvalue weighted by Crippen LogP contribution is -2.44.